The SMILES string of the molecule is COc1ccc(CC(=O)C(=O)S)c(C(=O)O)c1OC. The van der Waals surface area contributed by atoms with Crippen LogP contribution in [0.3, 0.4) is 0 Å². The van der Waals surface area contributed by atoms with Crippen molar-refractivity contribution >= 4 is 29.5 Å². The summed E-state index contributed by atoms with van der Waals surface area (Å²) in [5, 5.41) is 8.27. The first-order valence-corrected chi connectivity index (χ1v) is 5.60. The molecule has 0 atom stereocenters. The first-order chi connectivity index (χ1) is 8.92. The molecule has 0 aliphatic carbocycles. The van der Waals surface area contributed by atoms with Gasteiger partial charge < -0.3 is 14.6 Å². The molecule has 0 amide bonds. The summed E-state index contributed by atoms with van der Waals surface area (Å²) in [6.45, 7) is 0. The molecule has 0 spiro atoms. The van der Waals surface area contributed by atoms with Crippen molar-refractivity contribution in [2.75, 3.05) is 14.2 Å². The summed E-state index contributed by atoms with van der Waals surface area (Å²) in [4.78, 5) is 33.4. The number of methoxy groups -OCH3 is 2. The molecular weight excluding hydrogens is 272 g/mol. The fourth-order valence-electron chi connectivity index (χ4n) is 1.60. The van der Waals surface area contributed by atoms with Crippen LogP contribution in [0.2, 0.25) is 0 Å². The predicted octanol–water partition coefficient (Wildman–Crippen LogP) is 0.970. The molecular formula is C12H12O6S. The van der Waals surface area contributed by atoms with Crippen LogP contribution in [0.1, 0.15) is 15.9 Å². The second-order valence-electron chi connectivity index (χ2n) is 3.55. The van der Waals surface area contributed by atoms with Gasteiger partial charge in [0.05, 0.1) is 14.2 Å². The fourth-order valence-corrected chi connectivity index (χ4v) is 1.68. The van der Waals surface area contributed by atoms with Gasteiger partial charge in [-0.1, -0.05) is 18.7 Å². The van der Waals surface area contributed by atoms with E-state index in [-0.39, 0.29) is 29.0 Å². The topological polar surface area (TPSA) is 89.9 Å². The molecule has 7 heteroatoms. The lowest BCUT2D eigenvalue weighted by atomic mass is 10.0. The molecule has 6 nitrogen and oxygen atoms in total. The first-order valence-electron chi connectivity index (χ1n) is 5.15. The molecule has 0 heterocycles. The van der Waals surface area contributed by atoms with Crippen molar-refractivity contribution in [2.24, 2.45) is 0 Å². The third-order valence-corrected chi connectivity index (χ3v) is 2.68. The smallest absolute Gasteiger partial charge is 0.339 e. The quantitative estimate of drug-likeness (QED) is 0.597. The molecule has 0 unspecified atom stereocenters. The van der Waals surface area contributed by atoms with Crippen molar-refractivity contribution in [3.05, 3.63) is 23.3 Å². The number of rotatable bonds is 6. The summed E-state index contributed by atoms with van der Waals surface area (Å²) < 4.78 is 9.97. The second kappa shape index (κ2) is 6.24. The Bertz CT molecular complexity index is 537. The third-order valence-electron chi connectivity index (χ3n) is 2.44. The van der Waals surface area contributed by atoms with Crippen LogP contribution in [0.15, 0.2) is 12.1 Å². The number of benzene rings is 1. The number of carbonyl (C=O) groups is 3. The summed E-state index contributed by atoms with van der Waals surface area (Å²) in [6, 6.07) is 2.87. The minimum absolute atomic E-state index is 0.00640. The van der Waals surface area contributed by atoms with Crippen LogP contribution >= 0.6 is 12.6 Å². The zero-order valence-corrected chi connectivity index (χ0v) is 11.2. The van der Waals surface area contributed by atoms with Crippen molar-refractivity contribution in [1.29, 1.82) is 0 Å². The Labute approximate surface area is 114 Å². The van der Waals surface area contributed by atoms with Crippen LogP contribution in [-0.2, 0) is 16.0 Å². The van der Waals surface area contributed by atoms with Gasteiger partial charge in [0.15, 0.2) is 11.5 Å². The van der Waals surface area contributed by atoms with Gasteiger partial charge in [-0.2, -0.15) is 0 Å². The van der Waals surface area contributed by atoms with E-state index >= 15 is 0 Å². The van der Waals surface area contributed by atoms with Crippen LogP contribution in [0.5, 0.6) is 11.5 Å². The van der Waals surface area contributed by atoms with Crippen LogP contribution in [0.25, 0.3) is 0 Å². The molecule has 0 aromatic heterocycles. The summed E-state index contributed by atoms with van der Waals surface area (Å²) in [5.74, 6) is -1.83. The Morgan fingerprint density at radius 1 is 1.21 bits per heavy atom. The van der Waals surface area contributed by atoms with Gasteiger partial charge in [-0.05, 0) is 11.6 Å². The third kappa shape index (κ3) is 3.25. The average molecular weight is 284 g/mol. The number of Topliss-reactive ketones (excluding diaryl/α,β-unsaturated/α-hetero) is 1. The highest BCUT2D eigenvalue weighted by Gasteiger charge is 2.23. The van der Waals surface area contributed by atoms with E-state index in [0.29, 0.717) is 0 Å². The monoisotopic (exact) mass is 284 g/mol. The summed E-state index contributed by atoms with van der Waals surface area (Å²) >= 11 is 3.40. The fraction of sp³-hybridized carbons (Fsp3) is 0.250. The molecule has 0 radical (unpaired) electrons. The lowest BCUT2D eigenvalue weighted by Gasteiger charge is -2.13. The molecule has 0 saturated carbocycles. The summed E-state index contributed by atoms with van der Waals surface area (Å²) in [7, 11) is 2.66. The Morgan fingerprint density at radius 3 is 2.26 bits per heavy atom. The standard InChI is InChI=1S/C12H12O6S/c1-17-8-4-3-6(5-7(13)12(16)19)9(11(14)15)10(8)18-2/h3-4H,5H2,1-2H3,(H,14,15)(H,16,19). The molecule has 102 valence electrons. The first kappa shape index (κ1) is 15.0. The van der Waals surface area contributed by atoms with E-state index in [2.05, 4.69) is 12.6 Å². The maximum atomic E-state index is 11.4. The number of hydrogen-bond donors (Lipinski definition) is 2. The minimum atomic E-state index is -1.27. The highest BCUT2D eigenvalue weighted by atomic mass is 32.1. The van der Waals surface area contributed by atoms with E-state index in [1.807, 2.05) is 0 Å². The molecule has 1 aromatic carbocycles. The van der Waals surface area contributed by atoms with Crippen molar-refractivity contribution in [3.63, 3.8) is 0 Å². The molecule has 1 rings (SSSR count). The van der Waals surface area contributed by atoms with Crippen LogP contribution in [0.4, 0.5) is 0 Å². The van der Waals surface area contributed by atoms with Gasteiger partial charge in [-0.3, -0.25) is 9.59 Å². The zero-order valence-electron chi connectivity index (χ0n) is 10.3. The maximum absolute atomic E-state index is 11.4. The van der Waals surface area contributed by atoms with Crippen LogP contribution < -0.4 is 9.47 Å². The normalized spacial score (nSPS) is 9.84. The van der Waals surface area contributed by atoms with Gasteiger partial charge in [-0.25, -0.2) is 4.79 Å². The molecule has 1 N–H and O–H groups in total. The number of carboxylic acid groups (broad SMARTS) is 1. The van der Waals surface area contributed by atoms with Gasteiger partial charge in [-0.15, -0.1) is 0 Å². The highest BCUT2D eigenvalue weighted by molar-refractivity contribution is 7.98. The van der Waals surface area contributed by atoms with E-state index in [0.717, 1.165) is 0 Å². The maximum Gasteiger partial charge on any atom is 0.339 e. The number of ether oxygens (including phenoxy) is 2. The highest BCUT2D eigenvalue weighted by Crippen LogP contribution is 2.33. The van der Waals surface area contributed by atoms with Gasteiger partial charge in [0, 0.05) is 6.42 Å². The summed E-state index contributed by atoms with van der Waals surface area (Å²) in [5.41, 5.74) is -0.0395. The van der Waals surface area contributed by atoms with E-state index < -0.39 is 16.9 Å². The van der Waals surface area contributed by atoms with Crippen molar-refractivity contribution in [1.82, 2.24) is 0 Å². The van der Waals surface area contributed by atoms with Crippen LogP contribution in [0, 0.1) is 0 Å². The largest absolute Gasteiger partial charge is 0.493 e. The number of ketones is 1. The van der Waals surface area contributed by atoms with Gasteiger partial charge in [0.2, 0.25) is 5.78 Å². The molecule has 0 bridgehead atoms. The number of carboxylic acids is 1. The van der Waals surface area contributed by atoms with Gasteiger partial charge in [0.1, 0.15) is 5.56 Å². The zero-order chi connectivity index (χ0) is 14.6. The molecule has 0 aliphatic rings. The molecule has 1 aromatic rings. The summed E-state index contributed by atoms with van der Waals surface area (Å²) in [6.07, 6.45) is -0.357. The van der Waals surface area contributed by atoms with E-state index in [4.69, 9.17) is 9.47 Å². The average Bonchev–Trinajstić information content (AvgIpc) is 2.37. The molecule has 19 heavy (non-hydrogen) atoms. The van der Waals surface area contributed by atoms with Crippen molar-refractivity contribution < 1.29 is 29.0 Å². The Balaban J connectivity index is 3.36. The lowest BCUT2D eigenvalue weighted by Crippen LogP contribution is -2.14. The van der Waals surface area contributed by atoms with Crippen LogP contribution in [-0.4, -0.2) is 36.2 Å². The molecule has 0 aliphatic heterocycles. The lowest BCUT2D eigenvalue weighted by molar-refractivity contribution is -0.131. The van der Waals surface area contributed by atoms with E-state index in [1.54, 1.807) is 0 Å². The number of thiol groups is 1. The molecule has 0 saturated heterocycles. The minimum Gasteiger partial charge on any atom is -0.493 e. The Kier molecular flexibility index (Phi) is 4.94. The Hall–Kier alpha value is -2.02. The number of carbonyl (C=O) groups excluding carboxylic acids is 2. The van der Waals surface area contributed by atoms with Crippen molar-refractivity contribution in [2.45, 2.75) is 6.42 Å². The number of hydrogen-bond acceptors (Lipinski definition) is 5. The van der Waals surface area contributed by atoms with Gasteiger partial charge >= 0.3 is 5.97 Å². The second-order valence-corrected chi connectivity index (χ2v) is 3.95. The Morgan fingerprint density at radius 2 is 1.84 bits per heavy atom. The van der Waals surface area contributed by atoms with E-state index in [1.165, 1.54) is 26.4 Å². The van der Waals surface area contributed by atoms with Crippen molar-refractivity contribution in [3.8, 4) is 11.5 Å². The molecule has 0 fully saturated rings. The predicted molar refractivity (Wildman–Crippen MR) is 69.2 cm³/mol. The van der Waals surface area contributed by atoms with Gasteiger partial charge in [0.25, 0.3) is 5.12 Å². The number of aromatic carboxylic acids is 1. The van der Waals surface area contributed by atoms with E-state index in [9.17, 15) is 19.5 Å².